The van der Waals surface area contributed by atoms with Crippen molar-refractivity contribution in [3.63, 3.8) is 0 Å². The van der Waals surface area contributed by atoms with Crippen LogP contribution in [0.2, 0.25) is 0 Å². The maximum atomic E-state index is 14.1. The predicted octanol–water partition coefficient (Wildman–Crippen LogP) is 8.65. The summed E-state index contributed by atoms with van der Waals surface area (Å²) in [5, 5.41) is 35.6. The molecule has 3 aromatic rings. The van der Waals surface area contributed by atoms with Gasteiger partial charge < -0.3 is 35.1 Å². The highest BCUT2D eigenvalue weighted by Gasteiger charge is 2.57. The Hall–Kier alpha value is -3.03. The minimum absolute atomic E-state index is 0.0155. The predicted molar refractivity (Wildman–Crippen MR) is 223 cm³/mol. The highest BCUT2D eigenvalue weighted by Crippen LogP contribution is 2.50. The molecule has 0 radical (unpaired) electrons. The zero-order valence-corrected chi connectivity index (χ0v) is 36.1. The number of ether oxygens (including phenoxy) is 3. The molecule has 0 aliphatic carbocycles. The lowest BCUT2D eigenvalue weighted by Gasteiger charge is -2.34. The average molecular weight is 848 g/mol. The van der Waals surface area contributed by atoms with E-state index in [0.29, 0.717) is 23.4 Å². The molecule has 3 heterocycles. The van der Waals surface area contributed by atoms with Crippen molar-refractivity contribution in [1.82, 2.24) is 14.6 Å². The number of hydrogen-bond acceptors (Lipinski definition) is 12. The Labute approximate surface area is 349 Å². The normalized spacial score (nSPS) is 21.4. The molecule has 2 aromatic heterocycles. The van der Waals surface area contributed by atoms with Gasteiger partial charge in [0, 0.05) is 6.61 Å². The van der Waals surface area contributed by atoms with Gasteiger partial charge in [0.05, 0.1) is 43.3 Å². The molecule has 1 saturated heterocycles. The fraction of sp³-hybridized carbons (Fsp3) is 0.698. The van der Waals surface area contributed by atoms with Crippen LogP contribution >= 0.6 is 7.82 Å². The Morgan fingerprint density at radius 3 is 2.19 bits per heavy atom. The van der Waals surface area contributed by atoms with E-state index >= 15 is 0 Å². The Kier molecular flexibility index (Phi) is 20.6. The third kappa shape index (κ3) is 15.4. The van der Waals surface area contributed by atoms with Crippen LogP contribution in [0.25, 0.3) is 5.52 Å². The molecule has 16 heteroatoms. The summed E-state index contributed by atoms with van der Waals surface area (Å²) in [6, 6.07) is 9.05. The van der Waals surface area contributed by atoms with E-state index in [4.69, 9.17) is 29.0 Å². The quantitative estimate of drug-likeness (QED) is 0.0367. The van der Waals surface area contributed by atoms with E-state index in [1.807, 2.05) is 6.07 Å². The smallest absolute Gasteiger partial charge is 0.387 e. The Bertz CT molecular complexity index is 1780. The molecule has 7 atom stereocenters. The second-order valence-electron chi connectivity index (χ2n) is 16.0. The van der Waals surface area contributed by atoms with Gasteiger partial charge in [-0.1, -0.05) is 110 Å². The summed E-state index contributed by atoms with van der Waals surface area (Å²) in [4.78, 5) is 14.8. The molecule has 0 bridgehead atoms. The molecule has 1 fully saturated rings. The molecule has 1 aliphatic rings. The first-order valence-electron chi connectivity index (χ1n) is 21.5. The van der Waals surface area contributed by atoms with Crippen molar-refractivity contribution in [3.8, 4) is 6.07 Å². The van der Waals surface area contributed by atoms with Crippen molar-refractivity contribution in [2.24, 2.45) is 0 Å². The fourth-order valence-electron chi connectivity index (χ4n) is 7.49. The zero-order chi connectivity index (χ0) is 42.7. The van der Waals surface area contributed by atoms with Gasteiger partial charge in [0.1, 0.15) is 47.7 Å². The molecule has 0 spiro atoms. The van der Waals surface area contributed by atoms with Crippen LogP contribution in [0.15, 0.2) is 36.7 Å². The molecular weight excluding hydrogens is 780 g/mol. The van der Waals surface area contributed by atoms with Crippen LogP contribution in [0.4, 0.5) is 10.2 Å². The number of phosphoric ester groups is 1. The fourth-order valence-corrected chi connectivity index (χ4v) is 8.51. The van der Waals surface area contributed by atoms with E-state index in [9.17, 15) is 29.3 Å². The average Bonchev–Trinajstić information content (AvgIpc) is 3.74. The first kappa shape index (κ1) is 48.6. The van der Waals surface area contributed by atoms with Gasteiger partial charge in [-0.3, -0.25) is 9.05 Å². The van der Waals surface area contributed by atoms with Crippen LogP contribution in [-0.4, -0.2) is 79.5 Å². The first-order valence-corrected chi connectivity index (χ1v) is 23.0. The number of unbranched alkanes of at least 4 members (excludes halogenated alkanes) is 16. The largest absolute Gasteiger partial charge is 0.472 e. The van der Waals surface area contributed by atoms with Crippen molar-refractivity contribution in [3.05, 3.63) is 59.3 Å². The van der Waals surface area contributed by atoms with Crippen LogP contribution in [0, 0.1) is 17.1 Å². The Morgan fingerprint density at radius 2 is 1.58 bits per heavy atom. The third-order valence-corrected chi connectivity index (χ3v) is 12.3. The second kappa shape index (κ2) is 25.0. The first-order chi connectivity index (χ1) is 28.4. The van der Waals surface area contributed by atoms with Gasteiger partial charge in [0.25, 0.3) is 0 Å². The second-order valence-corrected chi connectivity index (χ2v) is 17.4. The number of aliphatic hydroxyl groups is 2. The highest BCUT2D eigenvalue weighted by molar-refractivity contribution is 7.47. The molecule has 0 saturated carbocycles. The van der Waals surface area contributed by atoms with Crippen LogP contribution in [-0.2, 0) is 34.4 Å². The number of fused-ring (bicyclic) bond motifs is 1. The van der Waals surface area contributed by atoms with Crippen molar-refractivity contribution in [2.45, 2.75) is 173 Å². The zero-order valence-electron chi connectivity index (χ0n) is 35.2. The number of benzene rings is 1. The number of nitrogens with zero attached hydrogens (tertiary/aromatic N) is 4. The number of aromatic nitrogens is 3. The molecule has 1 unspecified atom stereocenters. The summed E-state index contributed by atoms with van der Waals surface area (Å²) in [7, 11) is -4.82. The number of nitrogens with two attached hydrogens (primary N) is 1. The number of nitriles is 1. The summed E-state index contributed by atoms with van der Waals surface area (Å²) in [6.07, 6.45) is 16.7. The lowest BCUT2D eigenvalue weighted by atomic mass is 9.91. The summed E-state index contributed by atoms with van der Waals surface area (Å²) in [6.45, 7) is 5.07. The molecule has 4 rings (SSSR count). The van der Waals surface area contributed by atoms with Crippen molar-refractivity contribution in [2.75, 3.05) is 25.6 Å². The highest BCUT2D eigenvalue weighted by atomic mass is 31.2. The molecule has 14 nitrogen and oxygen atoms in total. The van der Waals surface area contributed by atoms with Crippen molar-refractivity contribution >= 4 is 19.2 Å². The standard InChI is InChI=1S/C43H67FN5O9P/c1-4-5-6-7-8-9-10-11-12-13-14-15-16-17-18-19-20-23-54-29-36(55-28-34-24-33(27-45)25-35(44)26-34)30-56-59(52,53)58-32(2)43(3)41(51)39(50)40(57-43)37-21-22-38-42(46)47-31-48-49(37)38/h21-22,24-26,31-32,36,39-41,50-51H,4-20,23,28-30H2,1-3H3,(H,52,53)(H2,46,47,48)/t32-,36+,39-,40-,41-,43+/m0/s1. The van der Waals surface area contributed by atoms with Crippen LogP contribution in [0.3, 0.4) is 0 Å². The van der Waals surface area contributed by atoms with Gasteiger partial charge in [0.2, 0.25) is 0 Å². The molecule has 5 N–H and O–H groups in total. The molecule has 0 amide bonds. The van der Waals surface area contributed by atoms with E-state index in [2.05, 4.69) is 17.0 Å². The SMILES string of the molecule is CCCCCCCCCCCCCCCCCCCOC[C@H](COP(=O)(O)O[C@@H](C)[C@@]1(C)O[C@@H](c2ccc3c(N)ncnn23)[C@H](O)[C@@H]1O)OCc1cc(F)cc(C#N)c1. The molecule has 1 aromatic carbocycles. The maximum Gasteiger partial charge on any atom is 0.472 e. The number of nitrogen functional groups attached to an aromatic ring is 1. The number of hydrogen-bond donors (Lipinski definition) is 4. The van der Waals surface area contributed by atoms with Crippen molar-refractivity contribution in [1.29, 1.82) is 5.26 Å². The van der Waals surface area contributed by atoms with Crippen LogP contribution < -0.4 is 5.73 Å². The number of anilines is 1. The van der Waals surface area contributed by atoms with Crippen LogP contribution in [0.5, 0.6) is 0 Å². The van der Waals surface area contributed by atoms with Gasteiger partial charge >= 0.3 is 7.82 Å². The van der Waals surface area contributed by atoms with Gasteiger partial charge in [-0.15, -0.1) is 0 Å². The van der Waals surface area contributed by atoms with Gasteiger partial charge in [-0.05, 0) is 56.2 Å². The van der Waals surface area contributed by atoms with Gasteiger partial charge in [-0.25, -0.2) is 18.5 Å². The molecule has 1 aliphatic heterocycles. The third-order valence-electron chi connectivity index (χ3n) is 11.2. The van der Waals surface area contributed by atoms with E-state index < -0.39 is 56.4 Å². The number of rotatable bonds is 30. The van der Waals surface area contributed by atoms with E-state index in [0.717, 1.165) is 25.3 Å². The van der Waals surface area contributed by atoms with E-state index in [-0.39, 0.29) is 24.6 Å². The summed E-state index contributed by atoms with van der Waals surface area (Å²) in [5.74, 6) is -0.379. The Balaban J connectivity index is 1.20. The van der Waals surface area contributed by atoms with E-state index in [1.54, 1.807) is 12.1 Å². The minimum Gasteiger partial charge on any atom is -0.387 e. The maximum absolute atomic E-state index is 14.1. The number of phosphoric acid groups is 1. The van der Waals surface area contributed by atoms with Gasteiger partial charge in [0.15, 0.2) is 5.82 Å². The summed E-state index contributed by atoms with van der Waals surface area (Å²) >= 11 is 0. The molecule has 330 valence electrons. The lowest BCUT2D eigenvalue weighted by Crippen LogP contribution is -2.49. The molecule has 59 heavy (non-hydrogen) atoms. The van der Waals surface area contributed by atoms with E-state index in [1.165, 1.54) is 127 Å². The van der Waals surface area contributed by atoms with Gasteiger partial charge in [-0.2, -0.15) is 10.4 Å². The van der Waals surface area contributed by atoms with Crippen LogP contribution in [0.1, 0.15) is 153 Å². The number of aliphatic hydroxyl groups excluding tert-OH is 2. The topological polar surface area (TPSA) is 204 Å². The summed E-state index contributed by atoms with van der Waals surface area (Å²) in [5.41, 5.74) is 5.68. The number of halogens is 1. The Morgan fingerprint density at radius 1 is 0.966 bits per heavy atom. The monoisotopic (exact) mass is 847 g/mol. The van der Waals surface area contributed by atoms with Crippen molar-refractivity contribution < 1.29 is 47.3 Å². The lowest BCUT2D eigenvalue weighted by molar-refractivity contribution is -0.134. The molecular formula is C43H67FN5O9P. The summed E-state index contributed by atoms with van der Waals surface area (Å²) < 4.78 is 57.6. The minimum atomic E-state index is -4.82.